The standard InChI is InChI=1S/C14H22N2O/c1-14(2,3)12-4-7-15-13(16-12)10-11-5-8-17-9-6-11/h4,7,11H,5-6,8-10H2,1-3H3. The molecule has 0 bridgehead atoms. The number of rotatable bonds is 2. The molecule has 2 rings (SSSR count). The molecular weight excluding hydrogens is 212 g/mol. The molecule has 1 aliphatic heterocycles. The summed E-state index contributed by atoms with van der Waals surface area (Å²) in [5.41, 5.74) is 1.24. The number of ether oxygens (including phenoxy) is 1. The van der Waals surface area contributed by atoms with Crippen LogP contribution in [-0.4, -0.2) is 23.2 Å². The first kappa shape index (κ1) is 12.5. The lowest BCUT2D eigenvalue weighted by molar-refractivity contribution is 0.0659. The Morgan fingerprint density at radius 2 is 2.00 bits per heavy atom. The Morgan fingerprint density at radius 3 is 2.65 bits per heavy atom. The van der Waals surface area contributed by atoms with Gasteiger partial charge in [-0.2, -0.15) is 0 Å². The van der Waals surface area contributed by atoms with E-state index in [0.717, 1.165) is 44.0 Å². The summed E-state index contributed by atoms with van der Waals surface area (Å²) in [5, 5.41) is 0. The molecule has 0 spiro atoms. The van der Waals surface area contributed by atoms with E-state index in [1.54, 1.807) is 0 Å². The second-order valence-electron chi connectivity index (χ2n) is 5.87. The maximum absolute atomic E-state index is 5.37. The van der Waals surface area contributed by atoms with Gasteiger partial charge in [-0.3, -0.25) is 0 Å². The molecule has 3 nitrogen and oxygen atoms in total. The molecular formula is C14H22N2O. The summed E-state index contributed by atoms with van der Waals surface area (Å²) in [7, 11) is 0. The number of nitrogens with zero attached hydrogens (tertiary/aromatic N) is 2. The fourth-order valence-electron chi connectivity index (χ4n) is 2.12. The van der Waals surface area contributed by atoms with Gasteiger partial charge in [-0.15, -0.1) is 0 Å². The van der Waals surface area contributed by atoms with E-state index in [-0.39, 0.29) is 5.41 Å². The molecule has 1 aromatic rings. The first-order valence-electron chi connectivity index (χ1n) is 6.46. The quantitative estimate of drug-likeness (QED) is 0.789. The minimum absolute atomic E-state index is 0.105. The maximum atomic E-state index is 5.37. The number of hydrogen-bond donors (Lipinski definition) is 0. The molecule has 1 fully saturated rings. The molecule has 2 heterocycles. The third kappa shape index (κ3) is 3.50. The predicted molar refractivity (Wildman–Crippen MR) is 68.0 cm³/mol. The molecule has 0 saturated carbocycles. The van der Waals surface area contributed by atoms with Gasteiger partial charge in [-0.05, 0) is 24.8 Å². The summed E-state index contributed by atoms with van der Waals surface area (Å²) in [6.07, 6.45) is 5.17. The van der Waals surface area contributed by atoms with E-state index in [9.17, 15) is 0 Å². The number of hydrogen-bond acceptors (Lipinski definition) is 3. The average molecular weight is 234 g/mol. The van der Waals surface area contributed by atoms with Crippen molar-refractivity contribution >= 4 is 0 Å². The Kier molecular flexibility index (Phi) is 3.77. The summed E-state index contributed by atoms with van der Waals surface area (Å²) in [5.74, 6) is 1.68. The van der Waals surface area contributed by atoms with E-state index < -0.39 is 0 Å². The van der Waals surface area contributed by atoms with Gasteiger partial charge in [-0.1, -0.05) is 20.8 Å². The molecule has 1 aliphatic rings. The van der Waals surface area contributed by atoms with E-state index in [0.29, 0.717) is 5.92 Å². The zero-order valence-corrected chi connectivity index (χ0v) is 11.1. The van der Waals surface area contributed by atoms with Crippen molar-refractivity contribution in [3.05, 3.63) is 23.8 Å². The summed E-state index contributed by atoms with van der Waals surface area (Å²) in [6, 6.07) is 2.02. The highest BCUT2D eigenvalue weighted by molar-refractivity contribution is 5.12. The van der Waals surface area contributed by atoms with E-state index in [1.807, 2.05) is 12.3 Å². The van der Waals surface area contributed by atoms with Gasteiger partial charge < -0.3 is 4.74 Å². The van der Waals surface area contributed by atoms with E-state index in [2.05, 4.69) is 30.7 Å². The predicted octanol–water partition coefficient (Wildman–Crippen LogP) is 2.74. The van der Waals surface area contributed by atoms with Crippen LogP contribution >= 0.6 is 0 Å². The topological polar surface area (TPSA) is 35.0 Å². The SMILES string of the molecule is CC(C)(C)c1ccnc(CC2CCOCC2)n1. The average Bonchev–Trinajstić information content (AvgIpc) is 2.29. The molecule has 3 heteroatoms. The third-order valence-electron chi connectivity index (χ3n) is 3.29. The lowest BCUT2D eigenvalue weighted by Crippen LogP contribution is -2.20. The fourth-order valence-corrected chi connectivity index (χ4v) is 2.12. The molecule has 0 N–H and O–H groups in total. The normalized spacial score (nSPS) is 18.3. The van der Waals surface area contributed by atoms with Gasteiger partial charge in [0.05, 0.1) is 0 Å². The van der Waals surface area contributed by atoms with Crippen LogP contribution in [-0.2, 0) is 16.6 Å². The highest BCUT2D eigenvalue weighted by Gasteiger charge is 2.19. The van der Waals surface area contributed by atoms with Crippen molar-refractivity contribution in [2.75, 3.05) is 13.2 Å². The molecule has 0 atom stereocenters. The zero-order chi connectivity index (χ0) is 12.3. The summed E-state index contributed by atoms with van der Waals surface area (Å²) in [6.45, 7) is 8.35. The van der Waals surface area contributed by atoms with Gasteiger partial charge in [0.15, 0.2) is 0 Å². The van der Waals surface area contributed by atoms with E-state index in [1.165, 1.54) is 0 Å². The van der Waals surface area contributed by atoms with E-state index >= 15 is 0 Å². The first-order valence-corrected chi connectivity index (χ1v) is 6.46. The fraction of sp³-hybridized carbons (Fsp3) is 0.714. The first-order chi connectivity index (χ1) is 8.05. The van der Waals surface area contributed by atoms with Crippen molar-refractivity contribution < 1.29 is 4.74 Å². The van der Waals surface area contributed by atoms with Gasteiger partial charge in [0.1, 0.15) is 5.82 Å². The monoisotopic (exact) mass is 234 g/mol. The zero-order valence-electron chi connectivity index (χ0n) is 11.1. The highest BCUT2D eigenvalue weighted by Crippen LogP contribution is 2.22. The summed E-state index contributed by atoms with van der Waals surface area (Å²) in [4.78, 5) is 9.08. The molecule has 94 valence electrons. The molecule has 1 saturated heterocycles. The van der Waals surface area contributed by atoms with Crippen LogP contribution in [0.1, 0.15) is 45.1 Å². The Morgan fingerprint density at radius 1 is 1.29 bits per heavy atom. The lowest BCUT2D eigenvalue weighted by atomic mass is 9.91. The van der Waals surface area contributed by atoms with Crippen molar-refractivity contribution in [1.29, 1.82) is 0 Å². The van der Waals surface area contributed by atoms with Crippen molar-refractivity contribution in [2.45, 2.75) is 45.4 Å². The van der Waals surface area contributed by atoms with Crippen LogP contribution in [0.2, 0.25) is 0 Å². The maximum Gasteiger partial charge on any atom is 0.128 e. The Balaban J connectivity index is 2.05. The Hall–Kier alpha value is -0.960. The Bertz CT molecular complexity index is 365. The third-order valence-corrected chi connectivity index (χ3v) is 3.29. The van der Waals surface area contributed by atoms with Crippen molar-refractivity contribution in [3.63, 3.8) is 0 Å². The largest absolute Gasteiger partial charge is 0.381 e. The molecule has 17 heavy (non-hydrogen) atoms. The molecule has 0 unspecified atom stereocenters. The van der Waals surface area contributed by atoms with Crippen LogP contribution in [0.5, 0.6) is 0 Å². The van der Waals surface area contributed by atoms with E-state index in [4.69, 9.17) is 4.74 Å². The molecule has 0 radical (unpaired) electrons. The van der Waals surface area contributed by atoms with Gasteiger partial charge in [0, 0.05) is 36.9 Å². The van der Waals surface area contributed by atoms with Crippen LogP contribution in [0, 0.1) is 5.92 Å². The van der Waals surface area contributed by atoms with Crippen molar-refractivity contribution in [3.8, 4) is 0 Å². The van der Waals surface area contributed by atoms with Crippen LogP contribution < -0.4 is 0 Å². The number of aromatic nitrogens is 2. The molecule has 0 aliphatic carbocycles. The van der Waals surface area contributed by atoms with Gasteiger partial charge >= 0.3 is 0 Å². The van der Waals surface area contributed by atoms with Crippen LogP contribution in [0.3, 0.4) is 0 Å². The minimum atomic E-state index is 0.105. The van der Waals surface area contributed by atoms with Gasteiger partial charge in [-0.25, -0.2) is 9.97 Å². The second-order valence-corrected chi connectivity index (χ2v) is 5.87. The van der Waals surface area contributed by atoms with Crippen LogP contribution in [0.4, 0.5) is 0 Å². The second kappa shape index (κ2) is 5.13. The Labute approximate surface area is 104 Å². The van der Waals surface area contributed by atoms with Gasteiger partial charge in [0.2, 0.25) is 0 Å². The molecule has 1 aromatic heterocycles. The smallest absolute Gasteiger partial charge is 0.128 e. The van der Waals surface area contributed by atoms with Gasteiger partial charge in [0.25, 0.3) is 0 Å². The molecule has 0 aromatic carbocycles. The van der Waals surface area contributed by atoms with Crippen molar-refractivity contribution in [1.82, 2.24) is 9.97 Å². The summed E-state index contributed by atoms with van der Waals surface area (Å²) >= 11 is 0. The minimum Gasteiger partial charge on any atom is -0.381 e. The summed E-state index contributed by atoms with van der Waals surface area (Å²) < 4.78 is 5.37. The van der Waals surface area contributed by atoms with Crippen molar-refractivity contribution in [2.24, 2.45) is 5.92 Å². The lowest BCUT2D eigenvalue weighted by Gasteiger charge is -2.22. The van der Waals surface area contributed by atoms with Crippen LogP contribution in [0.15, 0.2) is 12.3 Å². The van der Waals surface area contributed by atoms with Crippen LogP contribution in [0.25, 0.3) is 0 Å². The molecule has 0 amide bonds. The highest BCUT2D eigenvalue weighted by atomic mass is 16.5.